The van der Waals surface area contributed by atoms with Crippen molar-refractivity contribution in [3.8, 4) is 0 Å². The first-order valence-corrected chi connectivity index (χ1v) is 10.3. The van der Waals surface area contributed by atoms with E-state index in [-0.39, 0.29) is 36.1 Å². The third kappa shape index (κ3) is 2.27. The Morgan fingerprint density at radius 1 is 1.31 bits per heavy atom. The lowest BCUT2D eigenvalue weighted by atomic mass is 9.42. The first-order valence-electron chi connectivity index (χ1n) is 9.95. The maximum absolute atomic E-state index is 12.6. The van der Waals surface area contributed by atoms with Crippen molar-refractivity contribution >= 4 is 17.6 Å². The molecule has 7 unspecified atom stereocenters. The summed E-state index contributed by atoms with van der Waals surface area (Å²) >= 11 is 6.62. The van der Waals surface area contributed by atoms with Crippen molar-refractivity contribution in [3.63, 3.8) is 0 Å². The molecule has 1 heterocycles. The van der Waals surface area contributed by atoms with Gasteiger partial charge in [-0.05, 0) is 67.9 Å². The number of benzene rings is 1. The fourth-order valence-corrected chi connectivity index (χ4v) is 7.36. The molecule has 0 radical (unpaired) electrons. The number of hydrogen-bond acceptors (Lipinski definition) is 2. The van der Waals surface area contributed by atoms with E-state index < -0.39 is 0 Å². The van der Waals surface area contributed by atoms with Gasteiger partial charge >= 0.3 is 6.03 Å². The Balaban J connectivity index is 1.59. The molecule has 4 bridgehead atoms. The number of aliphatic hydroxyl groups excluding tert-OH is 1. The third-order valence-corrected chi connectivity index (χ3v) is 7.98. The fraction of sp³-hybridized carbons (Fsp3) is 0.667. The van der Waals surface area contributed by atoms with E-state index in [1.807, 2.05) is 12.1 Å². The number of carbonyl (C=O) groups excluding carboxylic acids is 1. The van der Waals surface area contributed by atoms with Gasteiger partial charge in [-0.25, -0.2) is 4.79 Å². The molecule has 1 saturated heterocycles. The molecule has 1 aromatic rings. The van der Waals surface area contributed by atoms with Gasteiger partial charge in [0.05, 0.1) is 0 Å². The van der Waals surface area contributed by atoms with Crippen LogP contribution < -0.4 is 5.32 Å². The van der Waals surface area contributed by atoms with Crippen molar-refractivity contribution in [2.75, 3.05) is 13.2 Å². The zero-order chi connectivity index (χ0) is 18.1. The van der Waals surface area contributed by atoms with Crippen LogP contribution in [0.3, 0.4) is 0 Å². The Hall–Kier alpha value is -1.26. The van der Waals surface area contributed by atoms with Crippen LogP contribution in [0.4, 0.5) is 4.79 Å². The van der Waals surface area contributed by atoms with E-state index in [9.17, 15) is 9.90 Å². The molecular formula is C21H27ClN2O2. The maximum atomic E-state index is 12.6. The molecule has 7 atom stereocenters. The molecule has 4 nitrogen and oxygen atoms in total. The summed E-state index contributed by atoms with van der Waals surface area (Å²) in [6, 6.07) is 8.70. The summed E-state index contributed by atoms with van der Waals surface area (Å²) in [6.07, 6.45) is 4.46. The number of hydrogen-bond donors (Lipinski definition) is 2. The quantitative estimate of drug-likeness (QED) is 0.848. The molecule has 6 rings (SSSR count). The normalized spacial score (nSPS) is 43.8. The van der Waals surface area contributed by atoms with E-state index in [1.165, 1.54) is 12.0 Å². The summed E-state index contributed by atoms with van der Waals surface area (Å²) in [5.41, 5.74) is 1.10. The van der Waals surface area contributed by atoms with Crippen molar-refractivity contribution in [1.29, 1.82) is 0 Å². The van der Waals surface area contributed by atoms with E-state index >= 15 is 0 Å². The van der Waals surface area contributed by atoms with E-state index in [1.54, 1.807) is 0 Å². The van der Waals surface area contributed by atoms with Gasteiger partial charge in [0.25, 0.3) is 0 Å². The standard InChI is InChI=1S/C21H27ClN2O2/c1-12-10-24(20(26)23-12)19-14-6-13-7-16(19)18(21(8-13,9-14)11-25)15-4-2-3-5-17(15)22/h2-5,12-14,16,18-19,25H,6-11H2,1H3,(H,23,26). The summed E-state index contributed by atoms with van der Waals surface area (Å²) < 4.78 is 0. The SMILES string of the molecule is CC1CN(C2C3CC4CC2C(c2ccccc2Cl)C(CO)(C4)C3)C(=O)N1. The highest BCUT2D eigenvalue weighted by atomic mass is 35.5. The van der Waals surface area contributed by atoms with Crippen molar-refractivity contribution in [2.24, 2.45) is 23.2 Å². The van der Waals surface area contributed by atoms with Gasteiger partial charge in [-0.15, -0.1) is 0 Å². The van der Waals surface area contributed by atoms with Crippen LogP contribution in [0.5, 0.6) is 0 Å². The van der Waals surface area contributed by atoms with Crippen LogP contribution in [0.25, 0.3) is 0 Å². The Bertz CT molecular complexity index is 740. The van der Waals surface area contributed by atoms with Gasteiger partial charge in [-0.3, -0.25) is 0 Å². The minimum atomic E-state index is -0.0696. The second-order valence-corrected chi connectivity index (χ2v) is 9.59. The number of nitrogens with one attached hydrogen (secondary N) is 1. The Labute approximate surface area is 159 Å². The lowest BCUT2D eigenvalue weighted by molar-refractivity contribution is -0.136. The number of urea groups is 1. The first kappa shape index (κ1) is 16.9. The minimum absolute atomic E-state index is 0.0696. The van der Waals surface area contributed by atoms with E-state index in [0.717, 1.165) is 30.8 Å². The molecule has 26 heavy (non-hydrogen) atoms. The highest BCUT2D eigenvalue weighted by Gasteiger charge is 2.63. The average molecular weight is 375 g/mol. The third-order valence-electron chi connectivity index (χ3n) is 7.63. The summed E-state index contributed by atoms with van der Waals surface area (Å²) in [7, 11) is 0. The van der Waals surface area contributed by atoms with Crippen molar-refractivity contribution in [2.45, 2.75) is 50.6 Å². The second kappa shape index (κ2) is 5.87. The molecule has 4 aliphatic carbocycles. The molecule has 0 spiro atoms. The van der Waals surface area contributed by atoms with Crippen LogP contribution in [-0.4, -0.2) is 41.3 Å². The Morgan fingerprint density at radius 3 is 2.81 bits per heavy atom. The van der Waals surface area contributed by atoms with Gasteiger partial charge in [0, 0.05) is 35.7 Å². The summed E-state index contributed by atoms with van der Waals surface area (Å²) in [4.78, 5) is 14.7. The smallest absolute Gasteiger partial charge is 0.318 e. The summed E-state index contributed by atoms with van der Waals surface area (Å²) in [6.45, 7) is 3.10. The highest BCUT2D eigenvalue weighted by Crippen LogP contribution is 2.67. The first-order chi connectivity index (χ1) is 12.5. The molecule has 1 aliphatic heterocycles. The number of nitrogens with zero attached hydrogens (tertiary/aromatic N) is 1. The second-order valence-electron chi connectivity index (χ2n) is 9.18. The number of rotatable bonds is 3. The molecule has 2 N–H and O–H groups in total. The van der Waals surface area contributed by atoms with Crippen molar-refractivity contribution in [1.82, 2.24) is 10.2 Å². The van der Waals surface area contributed by atoms with E-state index in [4.69, 9.17) is 11.6 Å². The molecule has 5 fully saturated rings. The largest absolute Gasteiger partial charge is 0.396 e. The molecule has 5 heteroatoms. The van der Waals surface area contributed by atoms with Gasteiger partial charge in [0.1, 0.15) is 0 Å². The Morgan fingerprint density at radius 2 is 2.12 bits per heavy atom. The van der Waals surface area contributed by atoms with Gasteiger partial charge in [0.15, 0.2) is 0 Å². The maximum Gasteiger partial charge on any atom is 0.318 e. The fourth-order valence-electron chi connectivity index (χ4n) is 7.11. The zero-order valence-electron chi connectivity index (χ0n) is 15.2. The summed E-state index contributed by atoms with van der Waals surface area (Å²) in [5.74, 6) is 1.82. The lowest BCUT2D eigenvalue weighted by Gasteiger charge is -2.65. The van der Waals surface area contributed by atoms with Crippen LogP contribution >= 0.6 is 11.6 Å². The number of halogens is 1. The average Bonchev–Trinajstić information content (AvgIpc) is 2.94. The van der Waals surface area contributed by atoms with Gasteiger partial charge < -0.3 is 15.3 Å². The molecule has 1 aromatic carbocycles. The lowest BCUT2D eigenvalue weighted by Crippen LogP contribution is -2.64. The van der Waals surface area contributed by atoms with Crippen LogP contribution in [0.1, 0.15) is 44.1 Å². The minimum Gasteiger partial charge on any atom is -0.396 e. The van der Waals surface area contributed by atoms with Crippen LogP contribution in [-0.2, 0) is 0 Å². The molecule has 140 valence electrons. The predicted octanol–water partition coefficient (Wildman–Crippen LogP) is 3.63. The molecule has 0 aromatic heterocycles. The predicted molar refractivity (Wildman–Crippen MR) is 101 cm³/mol. The van der Waals surface area contributed by atoms with E-state index in [2.05, 4.69) is 29.3 Å². The van der Waals surface area contributed by atoms with Crippen LogP contribution in [0.2, 0.25) is 5.02 Å². The van der Waals surface area contributed by atoms with Gasteiger partial charge in [0.2, 0.25) is 0 Å². The zero-order valence-corrected chi connectivity index (χ0v) is 16.0. The molecule has 2 amide bonds. The number of amides is 2. The molecule has 4 saturated carbocycles. The van der Waals surface area contributed by atoms with Gasteiger partial charge in [-0.2, -0.15) is 0 Å². The van der Waals surface area contributed by atoms with Crippen LogP contribution in [0.15, 0.2) is 24.3 Å². The Kier molecular flexibility index (Phi) is 3.81. The van der Waals surface area contributed by atoms with Crippen molar-refractivity contribution < 1.29 is 9.90 Å². The highest BCUT2D eigenvalue weighted by molar-refractivity contribution is 6.31. The van der Waals surface area contributed by atoms with Gasteiger partial charge in [-0.1, -0.05) is 29.8 Å². The van der Waals surface area contributed by atoms with Crippen molar-refractivity contribution in [3.05, 3.63) is 34.9 Å². The molecule has 5 aliphatic rings. The topological polar surface area (TPSA) is 52.6 Å². The monoisotopic (exact) mass is 374 g/mol. The summed E-state index contributed by atoms with van der Waals surface area (Å²) in [5, 5.41) is 14.3. The van der Waals surface area contributed by atoms with Crippen LogP contribution in [0, 0.1) is 23.2 Å². The molecular weight excluding hydrogens is 348 g/mol. The number of carbonyl (C=O) groups is 1. The van der Waals surface area contributed by atoms with E-state index in [0.29, 0.717) is 17.8 Å². The number of aliphatic hydroxyl groups is 1.